The maximum absolute atomic E-state index is 11.4. The van der Waals surface area contributed by atoms with Crippen LogP contribution in [-0.4, -0.2) is 42.3 Å². The second-order valence-electron chi connectivity index (χ2n) is 3.91. The fraction of sp³-hybridized carbons (Fsp3) is 0.417. The van der Waals surface area contributed by atoms with E-state index in [2.05, 4.69) is 0 Å². The van der Waals surface area contributed by atoms with Crippen molar-refractivity contribution in [2.75, 3.05) is 26.3 Å². The van der Waals surface area contributed by atoms with Gasteiger partial charge in [-0.25, -0.2) is 0 Å². The van der Waals surface area contributed by atoms with Crippen molar-refractivity contribution in [3.8, 4) is 0 Å². The zero-order valence-electron chi connectivity index (χ0n) is 9.30. The summed E-state index contributed by atoms with van der Waals surface area (Å²) in [6.45, 7) is 2.35. The molecular formula is C12H14ClNO3. The van der Waals surface area contributed by atoms with E-state index in [-0.39, 0.29) is 0 Å². The van der Waals surface area contributed by atoms with Gasteiger partial charge in [-0.15, -0.1) is 0 Å². The fourth-order valence-electron chi connectivity index (χ4n) is 2.02. The van der Waals surface area contributed by atoms with Crippen molar-refractivity contribution in [2.24, 2.45) is 0 Å². The molecule has 92 valence electrons. The van der Waals surface area contributed by atoms with Crippen molar-refractivity contribution < 1.29 is 14.6 Å². The molecule has 0 spiro atoms. The van der Waals surface area contributed by atoms with Gasteiger partial charge in [0.25, 0.3) is 0 Å². The Labute approximate surface area is 105 Å². The van der Waals surface area contributed by atoms with Gasteiger partial charge in [0.05, 0.1) is 13.2 Å². The number of carboxylic acid groups (broad SMARTS) is 1. The SMILES string of the molecule is O=C(O)C(c1ccccc1Cl)N1CCOCC1. The highest BCUT2D eigenvalue weighted by Crippen LogP contribution is 2.28. The second-order valence-corrected chi connectivity index (χ2v) is 4.32. The first-order chi connectivity index (χ1) is 8.20. The molecule has 1 aliphatic heterocycles. The molecule has 1 heterocycles. The van der Waals surface area contributed by atoms with Crippen molar-refractivity contribution in [1.29, 1.82) is 0 Å². The van der Waals surface area contributed by atoms with E-state index in [0.717, 1.165) is 0 Å². The number of ether oxygens (including phenoxy) is 1. The van der Waals surface area contributed by atoms with Crippen LogP contribution in [0.15, 0.2) is 24.3 Å². The Morgan fingerprint density at radius 2 is 2.00 bits per heavy atom. The topological polar surface area (TPSA) is 49.8 Å². The van der Waals surface area contributed by atoms with Crippen molar-refractivity contribution in [2.45, 2.75) is 6.04 Å². The van der Waals surface area contributed by atoms with E-state index in [0.29, 0.717) is 36.9 Å². The van der Waals surface area contributed by atoms with Gasteiger partial charge in [0.2, 0.25) is 0 Å². The van der Waals surface area contributed by atoms with Crippen molar-refractivity contribution in [3.63, 3.8) is 0 Å². The predicted octanol–water partition coefficient (Wildman–Crippen LogP) is 1.80. The summed E-state index contributed by atoms with van der Waals surface area (Å²) in [6.07, 6.45) is 0. The van der Waals surface area contributed by atoms with E-state index < -0.39 is 12.0 Å². The van der Waals surface area contributed by atoms with Crippen molar-refractivity contribution in [1.82, 2.24) is 4.90 Å². The van der Waals surface area contributed by atoms with E-state index in [1.54, 1.807) is 24.3 Å². The third kappa shape index (κ3) is 2.77. The van der Waals surface area contributed by atoms with Gasteiger partial charge in [0.1, 0.15) is 6.04 Å². The standard InChI is InChI=1S/C12H14ClNO3/c13-10-4-2-1-3-9(10)11(12(15)16)14-5-7-17-8-6-14/h1-4,11H,5-8H2,(H,15,16). The van der Waals surface area contributed by atoms with Gasteiger partial charge >= 0.3 is 5.97 Å². The highest BCUT2D eigenvalue weighted by molar-refractivity contribution is 6.31. The van der Waals surface area contributed by atoms with E-state index >= 15 is 0 Å². The van der Waals surface area contributed by atoms with E-state index in [4.69, 9.17) is 16.3 Å². The van der Waals surface area contributed by atoms with Gasteiger partial charge in [0, 0.05) is 18.1 Å². The van der Waals surface area contributed by atoms with Crippen molar-refractivity contribution >= 4 is 17.6 Å². The number of carbonyl (C=O) groups is 1. The lowest BCUT2D eigenvalue weighted by atomic mass is 10.0. The van der Waals surface area contributed by atoms with Crippen molar-refractivity contribution in [3.05, 3.63) is 34.9 Å². The number of carboxylic acids is 1. The number of nitrogens with zero attached hydrogens (tertiary/aromatic N) is 1. The van der Waals surface area contributed by atoms with Crippen LogP contribution in [0.3, 0.4) is 0 Å². The average Bonchev–Trinajstić information content (AvgIpc) is 2.33. The second kappa shape index (κ2) is 5.49. The molecule has 0 bridgehead atoms. The van der Waals surface area contributed by atoms with Gasteiger partial charge < -0.3 is 9.84 Å². The molecule has 0 amide bonds. The summed E-state index contributed by atoms with van der Waals surface area (Å²) < 4.78 is 5.23. The van der Waals surface area contributed by atoms with Crippen LogP contribution in [0.25, 0.3) is 0 Å². The van der Waals surface area contributed by atoms with Crippen LogP contribution >= 0.6 is 11.6 Å². The zero-order chi connectivity index (χ0) is 12.3. The molecule has 1 saturated heterocycles. The smallest absolute Gasteiger partial charge is 0.325 e. The van der Waals surface area contributed by atoms with Crippen LogP contribution in [0.5, 0.6) is 0 Å². The lowest BCUT2D eigenvalue weighted by Gasteiger charge is -2.32. The van der Waals surface area contributed by atoms with Gasteiger partial charge in [0.15, 0.2) is 0 Å². The van der Waals surface area contributed by atoms with Crippen LogP contribution in [0.2, 0.25) is 5.02 Å². The Hall–Kier alpha value is -1.10. The molecule has 0 aromatic heterocycles. The summed E-state index contributed by atoms with van der Waals surface area (Å²) >= 11 is 6.06. The number of rotatable bonds is 3. The normalized spacial score (nSPS) is 18.9. The van der Waals surface area contributed by atoms with Gasteiger partial charge in [-0.3, -0.25) is 9.69 Å². The maximum Gasteiger partial charge on any atom is 0.325 e. The van der Waals surface area contributed by atoms with Crippen LogP contribution in [0.4, 0.5) is 0 Å². The van der Waals surface area contributed by atoms with E-state index in [1.165, 1.54) is 0 Å². The Kier molecular flexibility index (Phi) is 3.99. The third-order valence-electron chi connectivity index (χ3n) is 2.84. The number of benzene rings is 1. The summed E-state index contributed by atoms with van der Waals surface area (Å²) in [6, 6.07) is 6.39. The van der Waals surface area contributed by atoms with Crippen LogP contribution < -0.4 is 0 Å². The highest BCUT2D eigenvalue weighted by atomic mass is 35.5. The predicted molar refractivity (Wildman–Crippen MR) is 64.2 cm³/mol. The largest absolute Gasteiger partial charge is 0.480 e. The average molecular weight is 256 g/mol. The number of morpholine rings is 1. The third-order valence-corrected chi connectivity index (χ3v) is 3.19. The molecule has 1 atom stereocenters. The first-order valence-electron chi connectivity index (χ1n) is 5.49. The molecule has 0 aliphatic carbocycles. The van der Waals surface area contributed by atoms with E-state index in [1.807, 2.05) is 4.90 Å². The Morgan fingerprint density at radius 1 is 1.35 bits per heavy atom. The van der Waals surface area contributed by atoms with Gasteiger partial charge in [-0.1, -0.05) is 29.8 Å². The molecular weight excluding hydrogens is 242 g/mol. The summed E-state index contributed by atoms with van der Waals surface area (Å²) in [4.78, 5) is 13.3. The monoisotopic (exact) mass is 255 g/mol. The molecule has 1 fully saturated rings. The summed E-state index contributed by atoms with van der Waals surface area (Å²) in [5, 5.41) is 9.85. The molecule has 1 N–H and O–H groups in total. The Morgan fingerprint density at radius 3 is 2.59 bits per heavy atom. The summed E-state index contributed by atoms with van der Waals surface area (Å²) in [7, 11) is 0. The lowest BCUT2D eigenvalue weighted by molar-refractivity contribution is -0.145. The Balaban J connectivity index is 2.28. The van der Waals surface area contributed by atoms with Crippen LogP contribution in [0, 0.1) is 0 Å². The molecule has 1 aliphatic rings. The summed E-state index contributed by atoms with van der Waals surface area (Å²) in [5.74, 6) is -0.875. The molecule has 1 aromatic carbocycles. The Bertz CT molecular complexity index is 404. The fourth-order valence-corrected chi connectivity index (χ4v) is 2.26. The molecule has 17 heavy (non-hydrogen) atoms. The number of hydrogen-bond donors (Lipinski definition) is 1. The first kappa shape index (κ1) is 12.4. The molecule has 0 saturated carbocycles. The van der Waals surface area contributed by atoms with Gasteiger partial charge in [-0.05, 0) is 11.6 Å². The molecule has 2 rings (SSSR count). The minimum Gasteiger partial charge on any atom is -0.480 e. The number of aliphatic carboxylic acids is 1. The molecule has 0 radical (unpaired) electrons. The lowest BCUT2D eigenvalue weighted by Crippen LogP contribution is -2.42. The molecule has 1 aromatic rings. The summed E-state index contributed by atoms with van der Waals surface area (Å²) in [5.41, 5.74) is 0.642. The minimum atomic E-state index is -0.875. The molecule has 4 nitrogen and oxygen atoms in total. The van der Waals surface area contributed by atoms with Crippen LogP contribution in [-0.2, 0) is 9.53 Å². The molecule has 1 unspecified atom stereocenters. The number of hydrogen-bond acceptors (Lipinski definition) is 3. The van der Waals surface area contributed by atoms with E-state index in [9.17, 15) is 9.90 Å². The zero-order valence-corrected chi connectivity index (χ0v) is 10.1. The number of halogens is 1. The first-order valence-corrected chi connectivity index (χ1v) is 5.87. The quantitative estimate of drug-likeness (QED) is 0.895. The minimum absolute atomic E-state index is 0.492. The highest BCUT2D eigenvalue weighted by Gasteiger charge is 2.30. The maximum atomic E-state index is 11.4. The molecule has 5 heteroatoms. The van der Waals surface area contributed by atoms with Crippen LogP contribution in [0.1, 0.15) is 11.6 Å². The van der Waals surface area contributed by atoms with Gasteiger partial charge in [-0.2, -0.15) is 0 Å².